The quantitative estimate of drug-likeness (QED) is 0.744. The van der Waals surface area contributed by atoms with Gasteiger partial charge in [-0.15, -0.1) is 0 Å². The van der Waals surface area contributed by atoms with Gasteiger partial charge < -0.3 is 16.4 Å². The van der Waals surface area contributed by atoms with Gasteiger partial charge in [-0.05, 0) is 43.4 Å². The maximum absolute atomic E-state index is 12.1. The van der Waals surface area contributed by atoms with Crippen LogP contribution in [0.5, 0.6) is 0 Å². The maximum atomic E-state index is 12.1. The minimum Gasteiger partial charge on any atom is -0.399 e. The molecular formula is C19H30N4O. The van der Waals surface area contributed by atoms with Crippen molar-refractivity contribution < 1.29 is 4.79 Å². The average molecular weight is 330 g/mol. The molecule has 2 aliphatic rings. The third-order valence-electron chi connectivity index (χ3n) is 5.22. The number of anilines is 1. The monoisotopic (exact) mass is 330 g/mol. The Morgan fingerprint density at radius 3 is 2.38 bits per heavy atom. The zero-order chi connectivity index (χ0) is 16.8. The van der Waals surface area contributed by atoms with Crippen molar-refractivity contribution in [3.63, 3.8) is 0 Å². The van der Waals surface area contributed by atoms with E-state index in [1.165, 1.54) is 24.8 Å². The Labute approximate surface area is 145 Å². The molecule has 1 saturated heterocycles. The van der Waals surface area contributed by atoms with Crippen LogP contribution in [0.4, 0.5) is 10.5 Å². The summed E-state index contributed by atoms with van der Waals surface area (Å²) in [6, 6.07) is 8.80. The van der Waals surface area contributed by atoms with Gasteiger partial charge in [0.1, 0.15) is 0 Å². The van der Waals surface area contributed by atoms with E-state index in [1.54, 1.807) is 0 Å². The van der Waals surface area contributed by atoms with Crippen LogP contribution in [-0.4, -0.2) is 36.1 Å². The molecule has 1 aliphatic carbocycles. The largest absolute Gasteiger partial charge is 0.399 e. The first-order chi connectivity index (χ1) is 11.7. The fraction of sp³-hybridized carbons (Fsp3) is 0.632. The molecule has 0 bridgehead atoms. The van der Waals surface area contributed by atoms with Gasteiger partial charge in [0.15, 0.2) is 0 Å². The zero-order valence-corrected chi connectivity index (χ0v) is 14.5. The maximum Gasteiger partial charge on any atom is 0.315 e. The van der Waals surface area contributed by atoms with Crippen molar-refractivity contribution >= 4 is 11.7 Å². The van der Waals surface area contributed by atoms with Gasteiger partial charge in [0.05, 0.1) is 0 Å². The number of amides is 2. The van der Waals surface area contributed by atoms with E-state index in [1.807, 2.05) is 18.2 Å². The number of nitrogens with zero attached hydrogens (tertiary/aromatic N) is 1. The lowest BCUT2D eigenvalue weighted by Crippen LogP contribution is -2.50. The van der Waals surface area contributed by atoms with E-state index in [-0.39, 0.29) is 6.03 Å². The van der Waals surface area contributed by atoms with Crippen LogP contribution in [0.2, 0.25) is 0 Å². The standard InChI is InChI=1S/C19H30N4O/c20-16-6-4-5-15(13-16)14-23-11-9-18(10-12-23)22-19(24)21-17-7-2-1-3-8-17/h4-6,13,17-18H,1-3,7-12,14,20H2,(H2,21,22,24). The molecule has 5 heteroatoms. The van der Waals surface area contributed by atoms with Crippen LogP contribution in [0.1, 0.15) is 50.5 Å². The molecule has 1 aromatic carbocycles. The van der Waals surface area contributed by atoms with E-state index < -0.39 is 0 Å². The summed E-state index contributed by atoms with van der Waals surface area (Å²) in [5.74, 6) is 0. The minimum atomic E-state index is 0.0242. The number of hydrogen-bond acceptors (Lipinski definition) is 3. The molecule has 0 atom stereocenters. The van der Waals surface area contributed by atoms with Crippen LogP contribution in [0.3, 0.4) is 0 Å². The van der Waals surface area contributed by atoms with Crippen LogP contribution >= 0.6 is 0 Å². The summed E-state index contributed by atoms with van der Waals surface area (Å²) in [6.45, 7) is 2.97. The first-order valence-corrected chi connectivity index (χ1v) is 9.33. The SMILES string of the molecule is Nc1cccc(CN2CCC(NC(=O)NC3CCCCC3)CC2)c1. The molecule has 1 aromatic rings. The Morgan fingerprint density at radius 1 is 1.04 bits per heavy atom. The Balaban J connectivity index is 1.37. The van der Waals surface area contributed by atoms with Crippen molar-refractivity contribution in [1.29, 1.82) is 0 Å². The highest BCUT2D eigenvalue weighted by atomic mass is 16.2. The number of urea groups is 1. The van der Waals surface area contributed by atoms with Gasteiger partial charge in [-0.1, -0.05) is 31.4 Å². The van der Waals surface area contributed by atoms with E-state index >= 15 is 0 Å². The van der Waals surface area contributed by atoms with Crippen molar-refractivity contribution in [1.82, 2.24) is 15.5 Å². The van der Waals surface area contributed by atoms with Crippen molar-refractivity contribution in [2.24, 2.45) is 0 Å². The van der Waals surface area contributed by atoms with Crippen molar-refractivity contribution in [2.45, 2.75) is 63.6 Å². The van der Waals surface area contributed by atoms with E-state index in [4.69, 9.17) is 5.73 Å². The summed E-state index contributed by atoms with van der Waals surface area (Å²) in [4.78, 5) is 14.6. The lowest BCUT2D eigenvalue weighted by Gasteiger charge is -2.33. The molecule has 1 heterocycles. The lowest BCUT2D eigenvalue weighted by atomic mass is 9.96. The molecule has 24 heavy (non-hydrogen) atoms. The van der Waals surface area contributed by atoms with Crippen LogP contribution in [-0.2, 0) is 6.54 Å². The van der Waals surface area contributed by atoms with Gasteiger partial charge in [0.25, 0.3) is 0 Å². The number of hydrogen-bond donors (Lipinski definition) is 3. The van der Waals surface area contributed by atoms with Crippen LogP contribution < -0.4 is 16.4 Å². The van der Waals surface area contributed by atoms with Crippen LogP contribution in [0.15, 0.2) is 24.3 Å². The van der Waals surface area contributed by atoms with Crippen LogP contribution in [0, 0.1) is 0 Å². The van der Waals surface area contributed by atoms with E-state index in [9.17, 15) is 4.79 Å². The van der Waals surface area contributed by atoms with Gasteiger partial charge >= 0.3 is 6.03 Å². The second kappa shape index (κ2) is 8.38. The molecule has 2 amide bonds. The van der Waals surface area contributed by atoms with Crippen molar-refractivity contribution in [2.75, 3.05) is 18.8 Å². The molecule has 132 valence electrons. The third kappa shape index (κ3) is 5.13. The number of likely N-dealkylation sites (tertiary alicyclic amines) is 1. The third-order valence-corrected chi connectivity index (χ3v) is 5.22. The highest BCUT2D eigenvalue weighted by Gasteiger charge is 2.22. The van der Waals surface area contributed by atoms with Crippen molar-refractivity contribution in [3.8, 4) is 0 Å². The predicted molar refractivity (Wildman–Crippen MR) is 97.7 cm³/mol. The first-order valence-electron chi connectivity index (χ1n) is 9.33. The summed E-state index contributed by atoms with van der Waals surface area (Å²) < 4.78 is 0. The highest BCUT2D eigenvalue weighted by molar-refractivity contribution is 5.74. The van der Waals surface area contributed by atoms with Gasteiger partial charge in [-0.3, -0.25) is 4.90 Å². The summed E-state index contributed by atoms with van der Waals surface area (Å²) >= 11 is 0. The zero-order valence-electron chi connectivity index (χ0n) is 14.5. The summed E-state index contributed by atoms with van der Waals surface area (Å²) in [6.07, 6.45) is 8.09. The Morgan fingerprint density at radius 2 is 1.71 bits per heavy atom. The smallest absolute Gasteiger partial charge is 0.315 e. The Kier molecular flexibility index (Phi) is 5.96. The Hall–Kier alpha value is -1.75. The summed E-state index contributed by atoms with van der Waals surface area (Å²) in [5, 5.41) is 6.31. The number of nitrogens with one attached hydrogen (secondary N) is 2. The average Bonchev–Trinajstić information content (AvgIpc) is 2.57. The fourth-order valence-electron chi connectivity index (χ4n) is 3.84. The van der Waals surface area contributed by atoms with E-state index in [0.29, 0.717) is 12.1 Å². The predicted octanol–water partition coefficient (Wildman–Crippen LogP) is 2.87. The molecule has 5 nitrogen and oxygen atoms in total. The molecule has 1 aliphatic heterocycles. The first kappa shape index (κ1) is 17.1. The van der Waals surface area contributed by atoms with Crippen LogP contribution in [0.25, 0.3) is 0 Å². The van der Waals surface area contributed by atoms with Gasteiger partial charge in [0.2, 0.25) is 0 Å². The molecule has 3 rings (SSSR count). The lowest BCUT2D eigenvalue weighted by molar-refractivity contribution is 0.184. The molecule has 4 N–H and O–H groups in total. The molecule has 0 unspecified atom stereocenters. The number of carbonyl (C=O) groups excluding carboxylic acids is 1. The summed E-state index contributed by atoms with van der Waals surface area (Å²) in [5.41, 5.74) is 7.93. The second-order valence-corrected chi connectivity index (χ2v) is 7.25. The summed E-state index contributed by atoms with van der Waals surface area (Å²) in [7, 11) is 0. The van der Waals surface area contributed by atoms with Gasteiger partial charge in [-0.25, -0.2) is 4.79 Å². The molecule has 0 spiro atoms. The molecule has 1 saturated carbocycles. The number of nitrogens with two attached hydrogens (primary N) is 1. The normalized spacial score (nSPS) is 20.7. The fourth-order valence-corrected chi connectivity index (χ4v) is 3.84. The highest BCUT2D eigenvalue weighted by Crippen LogP contribution is 2.18. The van der Waals surface area contributed by atoms with Gasteiger partial charge in [0, 0.05) is 37.4 Å². The van der Waals surface area contributed by atoms with Gasteiger partial charge in [-0.2, -0.15) is 0 Å². The molecular weight excluding hydrogens is 300 g/mol. The number of carbonyl (C=O) groups is 1. The number of rotatable bonds is 4. The topological polar surface area (TPSA) is 70.4 Å². The van der Waals surface area contributed by atoms with Crippen molar-refractivity contribution in [3.05, 3.63) is 29.8 Å². The molecule has 2 fully saturated rings. The molecule has 0 aromatic heterocycles. The number of benzene rings is 1. The molecule has 0 radical (unpaired) electrons. The Bertz CT molecular complexity index is 534. The van der Waals surface area contributed by atoms with E-state index in [2.05, 4.69) is 21.6 Å². The number of piperidine rings is 1. The number of nitrogen functional groups attached to an aromatic ring is 1. The minimum absolute atomic E-state index is 0.0242. The van der Waals surface area contributed by atoms with E-state index in [0.717, 1.165) is 51.0 Å². The second-order valence-electron chi connectivity index (χ2n) is 7.25.